The molecule has 0 saturated heterocycles. The molecule has 0 radical (unpaired) electrons. The Balaban J connectivity index is 3.40. The number of carbonyl (C=O) groups is 2. The Hall–Kier alpha value is -1.10. The van der Waals surface area contributed by atoms with Crippen molar-refractivity contribution >= 4 is 11.9 Å². The van der Waals surface area contributed by atoms with E-state index in [2.05, 4.69) is 4.74 Å². The van der Waals surface area contributed by atoms with Crippen molar-refractivity contribution in [1.29, 1.82) is 0 Å². The highest BCUT2D eigenvalue weighted by Crippen LogP contribution is 2.03. The van der Waals surface area contributed by atoms with Crippen molar-refractivity contribution in [3.05, 3.63) is 0 Å². The summed E-state index contributed by atoms with van der Waals surface area (Å²) >= 11 is 0. The number of hydrogen-bond donors (Lipinski definition) is 2. The standard InChI is InChI=1S/C9H16O5/c1-2-8(12)14-9(13)6-4-3-5-7(10)11/h8,12H,2-6H2,1H3,(H,10,11). The molecule has 0 amide bonds. The summed E-state index contributed by atoms with van der Waals surface area (Å²) in [6.45, 7) is 1.70. The number of rotatable bonds is 7. The summed E-state index contributed by atoms with van der Waals surface area (Å²) in [6, 6.07) is 0. The molecule has 1 atom stereocenters. The van der Waals surface area contributed by atoms with Gasteiger partial charge < -0.3 is 14.9 Å². The highest BCUT2D eigenvalue weighted by atomic mass is 16.6. The molecule has 0 aliphatic carbocycles. The van der Waals surface area contributed by atoms with Gasteiger partial charge >= 0.3 is 11.9 Å². The number of aliphatic hydroxyl groups excluding tert-OH is 1. The topological polar surface area (TPSA) is 83.8 Å². The minimum Gasteiger partial charge on any atom is -0.481 e. The number of aliphatic carboxylic acids is 1. The first-order valence-electron chi connectivity index (χ1n) is 4.65. The third-order valence-electron chi connectivity index (χ3n) is 1.64. The van der Waals surface area contributed by atoms with E-state index in [9.17, 15) is 9.59 Å². The van der Waals surface area contributed by atoms with Crippen molar-refractivity contribution in [3.63, 3.8) is 0 Å². The highest BCUT2D eigenvalue weighted by Gasteiger charge is 2.08. The number of carbonyl (C=O) groups excluding carboxylic acids is 1. The molecule has 0 aromatic carbocycles. The van der Waals surface area contributed by atoms with Gasteiger partial charge in [0.25, 0.3) is 0 Å². The van der Waals surface area contributed by atoms with Crippen LogP contribution in [0.25, 0.3) is 0 Å². The fourth-order valence-electron chi connectivity index (χ4n) is 0.840. The predicted octanol–water partition coefficient (Wildman–Crippen LogP) is 0.903. The van der Waals surface area contributed by atoms with E-state index in [1.807, 2.05) is 0 Å². The van der Waals surface area contributed by atoms with Gasteiger partial charge in [-0.15, -0.1) is 0 Å². The Bertz CT molecular complexity index is 190. The smallest absolute Gasteiger partial charge is 0.308 e. The van der Waals surface area contributed by atoms with Crippen LogP contribution in [0, 0.1) is 0 Å². The molecule has 0 aliphatic heterocycles. The van der Waals surface area contributed by atoms with Crippen LogP contribution in [0.3, 0.4) is 0 Å². The number of esters is 1. The Kier molecular flexibility index (Phi) is 6.74. The quantitative estimate of drug-likeness (QED) is 0.365. The van der Waals surface area contributed by atoms with Gasteiger partial charge in [-0.2, -0.15) is 0 Å². The summed E-state index contributed by atoms with van der Waals surface area (Å²) in [7, 11) is 0. The summed E-state index contributed by atoms with van der Waals surface area (Å²) in [5.74, 6) is -1.35. The number of hydrogen-bond acceptors (Lipinski definition) is 4. The number of unbranched alkanes of at least 4 members (excludes halogenated alkanes) is 1. The second kappa shape index (κ2) is 7.32. The zero-order valence-corrected chi connectivity index (χ0v) is 8.23. The number of aliphatic hydroxyl groups is 1. The van der Waals surface area contributed by atoms with Crippen LogP contribution in [0.5, 0.6) is 0 Å². The number of carboxylic acids is 1. The first-order valence-corrected chi connectivity index (χ1v) is 4.65. The van der Waals surface area contributed by atoms with Gasteiger partial charge in [0.1, 0.15) is 0 Å². The lowest BCUT2D eigenvalue weighted by atomic mass is 10.2. The zero-order valence-electron chi connectivity index (χ0n) is 8.23. The van der Waals surface area contributed by atoms with E-state index in [4.69, 9.17) is 10.2 Å². The first-order chi connectivity index (χ1) is 6.56. The average molecular weight is 204 g/mol. The predicted molar refractivity (Wildman–Crippen MR) is 48.5 cm³/mol. The van der Waals surface area contributed by atoms with Gasteiger partial charge in [-0.05, 0) is 12.8 Å². The third-order valence-corrected chi connectivity index (χ3v) is 1.64. The van der Waals surface area contributed by atoms with E-state index in [0.29, 0.717) is 19.3 Å². The molecule has 0 aromatic rings. The lowest BCUT2D eigenvalue weighted by molar-refractivity contribution is -0.168. The van der Waals surface area contributed by atoms with E-state index < -0.39 is 18.2 Å². The lowest BCUT2D eigenvalue weighted by Gasteiger charge is -2.08. The van der Waals surface area contributed by atoms with Crippen molar-refractivity contribution in [2.45, 2.75) is 45.3 Å². The van der Waals surface area contributed by atoms with Gasteiger partial charge in [0.05, 0.1) is 0 Å². The van der Waals surface area contributed by atoms with E-state index in [-0.39, 0.29) is 12.8 Å². The number of carboxylic acid groups (broad SMARTS) is 1. The molecule has 0 aliphatic rings. The fourth-order valence-corrected chi connectivity index (χ4v) is 0.840. The maximum Gasteiger partial charge on any atom is 0.308 e. The molecule has 0 heterocycles. The maximum atomic E-state index is 10.9. The van der Waals surface area contributed by atoms with Crippen molar-refractivity contribution in [2.24, 2.45) is 0 Å². The van der Waals surface area contributed by atoms with Crippen molar-refractivity contribution < 1.29 is 24.5 Å². The van der Waals surface area contributed by atoms with E-state index >= 15 is 0 Å². The SMILES string of the molecule is CCC(O)OC(=O)CCCCC(=O)O. The third kappa shape index (κ3) is 7.54. The van der Waals surface area contributed by atoms with Crippen LogP contribution in [0.4, 0.5) is 0 Å². The van der Waals surface area contributed by atoms with Gasteiger partial charge in [-0.25, -0.2) is 0 Å². The summed E-state index contributed by atoms with van der Waals surface area (Å²) in [4.78, 5) is 21.0. The minimum atomic E-state index is -1.04. The van der Waals surface area contributed by atoms with Gasteiger partial charge in [-0.1, -0.05) is 6.92 Å². The molecule has 1 unspecified atom stereocenters. The van der Waals surface area contributed by atoms with Crippen molar-refractivity contribution in [2.75, 3.05) is 0 Å². The maximum absolute atomic E-state index is 10.9. The fraction of sp³-hybridized carbons (Fsp3) is 0.778. The van der Waals surface area contributed by atoms with Gasteiger partial charge in [0, 0.05) is 19.3 Å². The summed E-state index contributed by atoms with van der Waals surface area (Å²) in [5.41, 5.74) is 0. The monoisotopic (exact) mass is 204 g/mol. The molecule has 2 N–H and O–H groups in total. The molecule has 0 saturated carbocycles. The molecule has 5 nitrogen and oxygen atoms in total. The van der Waals surface area contributed by atoms with Crippen LogP contribution >= 0.6 is 0 Å². The Morgan fingerprint density at radius 1 is 1.29 bits per heavy atom. The Labute approximate surface area is 82.7 Å². The van der Waals surface area contributed by atoms with E-state index in [0.717, 1.165) is 0 Å². The van der Waals surface area contributed by atoms with Gasteiger partial charge in [-0.3, -0.25) is 9.59 Å². The molecule has 0 aromatic heterocycles. The van der Waals surface area contributed by atoms with Crippen molar-refractivity contribution in [1.82, 2.24) is 0 Å². The van der Waals surface area contributed by atoms with Crippen LogP contribution < -0.4 is 0 Å². The van der Waals surface area contributed by atoms with Crippen LogP contribution in [-0.4, -0.2) is 28.4 Å². The second-order valence-corrected chi connectivity index (χ2v) is 2.95. The molecule has 14 heavy (non-hydrogen) atoms. The molecule has 5 heteroatoms. The molecular formula is C9H16O5. The largest absolute Gasteiger partial charge is 0.481 e. The van der Waals surface area contributed by atoms with Crippen LogP contribution in [0.2, 0.25) is 0 Å². The highest BCUT2D eigenvalue weighted by molar-refractivity contribution is 5.69. The zero-order chi connectivity index (χ0) is 11.0. The van der Waals surface area contributed by atoms with Gasteiger partial charge in [0.2, 0.25) is 0 Å². The molecular weight excluding hydrogens is 188 g/mol. The second-order valence-electron chi connectivity index (χ2n) is 2.95. The van der Waals surface area contributed by atoms with Crippen LogP contribution in [0.1, 0.15) is 39.0 Å². The summed E-state index contributed by atoms with van der Waals surface area (Å²) < 4.78 is 4.58. The first kappa shape index (κ1) is 12.9. The normalized spacial score (nSPS) is 12.1. The Morgan fingerprint density at radius 2 is 1.86 bits per heavy atom. The summed E-state index contributed by atoms with van der Waals surface area (Å²) in [5, 5.41) is 17.2. The number of ether oxygens (including phenoxy) is 1. The average Bonchev–Trinajstić information content (AvgIpc) is 2.12. The van der Waals surface area contributed by atoms with Crippen LogP contribution in [-0.2, 0) is 14.3 Å². The summed E-state index contributed by atoms with van der Waals surface area (Å²) in [6.07, 6.45) is 0.463. The van der Waals surface area contributed by atoms with Crippen LogP contribution in [0.15, 0.2) is 0 Å². The molecule has 0 fully saturated rings. The molecule has 0 rings (SSSR count). The Morgan fingerprint density at radius 3 is 2.36 bits per heavy atom. The lowest BCUT2D eigenvalue weighted by Crippen LogP contribution is -2.16. The minimum absolute atomic E-state index is 0.0591. The molecule has 0 bridgehead atoms. The van der Waals surface area contributed by atoms with E-state index in [1.165, 1.54) is 0 Å². The van der Waals surface area contributed by atoms with Gasteiger partial charge in [0.15, 0.2) is 6.29 Å². The van der Waals surface area contributed by atoms with E-state index in [1.54, 1.807) is 6.92 Å². The van der Waals surface area contributed by atoms with Crippen molar-refractivity contribution in [3.8, 4) is 0 Å². The molecule has 0 spiro atoms. The molecule has 82 valence electrons.